The highest BCUT2D eigenvalue weighted by atomic mass is 32.1. The molecule has 1 amide bonds. The van der Waals surface area contributed by atoms with Crippen molar-refractivity contribution >= 4 is 28.8 Å². The fourth-order valence-corrected chi connectivity index (χ4v) is 1.81. The van der Waals surface area contributed by atoms with E-state index in [1.165, 1.54) is 6.92 Å². The third kappa shape index (κ3) is 5.17. The van der Waals surface area contributed by atoms with Crippen LogP contribution >= 0.6 is 12.2 Å². The minimum absolute atomic E-state index is 0.115. The molecule has 0 aliphatic carbocycles. The molecule has 5 heteroatoms. The van der Waals surface area contributed by atoms with Gasteiger partial charge in [0.05, 0.1) is 17.3 Å². The molecule has 0 aliphatic heterocycles. The second-order valence-corrected chi connectivity index (χ2v) is 5.82. The molecule has 0 aliphatic rings. The molecule has 4 nitrogen and oxygen atoms in total. The molecule has 0 heterocycles. The summed E-state index contributed by atoms with van der Waals surface area (Å²) in [6.45, 7) is 6.09. The lowest BCUT2D eigenvalue weighted by Gasteiger charge is -2.22. The van der Waals surface area contributed by atoms with Crippen molar-refractivity contribution in [3.05, 3.63) is 24.3 Å². The zero-order chi connectivity index (χ0) is 15.2. The lowest BCUT2D eigenvalue weighted by molar-refractivity contribution is -0.114. The van der Waals surface area contributed by atoms with Crippen molar-refractivity contribution in [2.75, 3.05) is 11.9 Å². The minimum Gasteiger partial charge on any atom is -0.491 e. The molecule has 0 fully saturated rings. The highest BCUT2D eigenvalue weighted by Crippen LogP contribution is 2.26. The highest BCUT2D eigenvalue weighted by molar-refractivity contribution is 7.80. The topological polar surface area (TPSA) is 64.3 Å². The van der Waals surface area contributed by atoms with E-state index in [4.69, 9.17) is 22.7 Å². The van der Waals surface area contributed by atoms with Gasteiger partial charge in [0, 0.05) is 12.3 Å². The molecule has 0 bridgehead atoms. The molecule has 0 saturated heterocycles. The number of amides is 1. The molecule has 0 atom stereocenters. The SMILES string of the molecule is CC(=O)Nc1ccccc1OCCCC(C)(C)C(N)=S. The van der Waals surface area contributed by atoms with Gasteiger partial charge in [0.15, 0.2) is 0 Å². The van der Waals surface area contributed by atoms with Gasteiger partial charge in [-0.15, -0.1) is 0 Å². The third-order valence-corrected chi connectivity index (χ3v) is 3.62. The predicted molar refractivity (Wildman–Crippen MR) is 86.0 cm³/mol. The van der Waals surface area contributed by atoms with Crippen LogP contribution in [0.25, 0.3) is 0 Å². The molecule has 1 rings (SSSR count). The van der Waals surface area contributed by atoms with Gasteiger partial charge in [-0.25, -0.2) is 0 Å². The molecule has 0 radical (unpaired) electrons. The van der Waals surface area contributed by atoms with E-state index >= 15 is 0 Å². The number of hydrogen-bond acceptors (Lipinski definition) is 3. The van der Waals surface area contributed by atoms with E-state index in [1.54, 1.807) is 0 Å². The number of thiocarbonyl (C=S) groups is 1. The van der Waals surface area contributed by atoms with Gasteiger partial charge in [-0.3, -0.25) is 4.79 Å². The maximum atomic E-state index is 11.1. The van der Waals surface area contributed by atoms with Crippen LogP contribution in [-0.4, -0.2) is 17.5 Å². The summed E-state index contributed by atoms with van der Waals surface area (Å²) < 4.78 is 5.71. The lowest BCUT2D eigenvalue weighted by Crippen LogP contribution is -2.30. The van der Waals surface area contributed by atoms with Gasteiger partial charge in [0.2, 0.25) is 5.91 Å². The molecular formula is C15H22N2O2S. The maximum Gasteiger partial charge on any atom is 0.221 e. The molecule has 0 aromatic heterocycles. The summed E-state index contributed by atoms with van der Waals surface area (Å²) in [4.78, 5) is 11.6. The van der Waals surface area contributed by atoms with Crippen molar-refractivity contribution in [3.63, 3.8) is 0 Å². The van der Waals surface area contributed by atoms with E-state index in [2.05, 4.69) is 5.32 Å². The van der Waals surface area contributed by atoms with E-state index in [-0.39, 0.29) is 11.3 Å². The van der Waals surface area contributed by atoms with Crippen molar-refractivity contribution in [3.8, 4) is 5.75 Å². The van der Waals surface area contributed by atoms with Crippen molar-refractivity contribution < 1.29 is 9.53 Å². The van der Waals surface area contributed by atoms with Crippen LogP contribution < -0.4 is 15.8 Å². The van der Waals surface area contributed by atoms with Crippen molar-refractivity contribution in [2.45, 2.75) is 33.6 Å². The van der Waals surface area contributed by atoms with Gasteiger partial charge >= 0.3 is 0 Å². The summed E-state index contributed by atoms with van der Waals surface area (Å²) in [5.41, 5.74) is 6.22. The van der Waals surface area contributed by atoms with Crippen LogP contribution in [0.3, 0.4) is 0 Å². The van der Waals surface area contributed by atoms with Crippen molar-refractivity contribution in [1.82, 2.24) is 0 Å². The van der Waals surface area contributed by atoms with E-state index in [9.17, 15) is 4.79 Å². The molecule has 20 heavy (non-hydrogen) atoms. The largest absolute Gasteiger partial charge is 0.491 e. The third-order valence-electron chi connectivity index (χ3n) is 3.07. The molecule has 0 unspecified atom stereocenters. The Morgan fingerprint density at radius 1 is 1.40 bits per heavy atom. The second-order valence-electron chi connectivity index (χ2n) is 5.38. The van der Waals surface area contributed by atoms with Gasteiger partial charge < -0.3 is 15.8 Å². The Morgan fingerprint density at radius 3 is 2.65 bits per heavy atom. The number of ether oxygens (including phenoxy) is 1. The van der Waals surface area contributed by atoms with Crippen LogP contribution in [0.15, 0.2) is 24.3 Å². The zero-order valence-electron chi connectivity index (χ0n) is 12.2. The van der Waals surface area contributed by atoms with Gasteiger partial charge in [0.25, 0.3) is 0 Å². The van der Waals surface area contributed by atoms with E-state index in [1.807, 2.05) is 38.1 Å². The fourth-order valence-electron chi connectivity index (χ4n) is 1.70. The molecule has 1 aromatic carbocycles. The molecular weight excluding hydrogens is 272 g/mol. The quantitative estimate of drug-likeness (QED) is 0.599. The molecule has 0 spiro atoms. The number of hydrogen-bond donors (Lipinski definition) is 2. The first-order valence-corrected chi connectivity index (χ1v) is 7.03. The van der Waals surface area contributed by atoms with E-state index in [0.29, 0.717) is 23.0 Å². The molecule has 1 aromatic rings. The van der Waals surface area contributed by atoms with Crippen LogP contribution in [0.4, 0.5) is 5.69 Å². The summed E-state index contributed by atoms with van der Waals surface area (Å²) in [7, 11) is 0. The van der Waals surface area contributed by atoms with Crippen molar-refractivity contribution in [1.29, 1.82) is 0 Å². The normalized spacial score (nSPS) is 10.9. The first-order chi connectivity index (χ1) is 9.33. The van der Waals surface area contributed by atoms with Crippen LogP contribution in [0, 0.1) is 5.41 Å². The van der Waals surface area contributed by atoms with E-state index < -0.39 is 0 Å². The standard InChI is InChI=1S/C15H22N2O2S/c1-11(18)17-12-7-4-5-8-13(12)19-10-6-9-15(2,3)14(16)20/h4-5,7-8H,6,9-10H2,1-3H3,(H2,16,20)(H,17,18). The fraction of sp³-hybridized carbons (Fsp3) is 0.467. The van der Waals surface area contributed by atoms with Gasteiger partial charge in [-0.2, -0.15) is 0 Å². The monoisotopic (exact) mass is 294 g/mol. The number of carbonyl (C=O) groups is 1. The van der Waals surface area contributed by atoms with Crippen molar-refractivity contribution in [2.24, 2.45) is 11.1 Å². The zero-order valence-corrected chi connectivity index (χ0v) is 13.0. The molecule has 3 N–H and O–H groups in total. The number of carbonyl (C=O) groups excluding carboxylic acids is 1. The average molecular weight is 294 g/mol. The predicted octanol–water partition coefficient (Wildman–Crippen LogP) is 3.12. The Hall–Kier alpha value is -1.62. The first-order valence-electron chi connectivity index (χ1n) is 6.62. The summed E-state index contributed by atoms with van der Waals surface area (Å²) in [6, 6.07) is 7.38. The summed E-state index contributed by atoms with van der Waals surface area (Å²) in [5.74, 6) is 0.562. The Bertz CT molecular complexity index is 487. The van der Waals surface area contributed by atoms with Crippen LogP contribution in [-0.2, 0) is 4.79 Å². The van der Waals surface area contributed by atoms with E-state index in [0.717, 1.165) is 12.8 Å². The number of para-hydroxylation sites is 2. The van der Waals surface area contributed by atoms with Gasteiger partial charge in [-0.05, 0) is 25.0 Å². The van der Waals surface area contributed by atoms with Crippen LogP contribution in [0.2, 0.25) is 0 Å². The van der Waals surface area contributed by atoms with Gasteiger partial charge in [-0.1, -0.05) is 38.2 Å². The number of anilines is 1. The maximum absolute atomic E-state index is 11.1. The number of benzene rings is 1. The lowest BCUT2D eigenvalue weighted by atomic mass is 9.88. The van der Waals surface area contributed by atoms with Gasteiger partial charge in [0.1, 0.15) is 5.75 Å². The first kappa shape index (κ1) is 16.4. The van der Waals surface area contributed by atoms with Crippen LogP contribution in [0.5, 0.6) is 5.75 Å². The summed E-state index contributed by atoms with van der Waals surface area (Å²) >= 11 is 5.03. The van der Waals surface area contributed by atoms with Crippen LogP contribution in [0.1, 0.15) is 33.6 Å². The number of rotatable bonds is 7. The Balaban J connectivity index is 2.50. The smallest absolute Gasteiger partial charge is 0.221 e. The molecule has 0 saturated carbocycles. The minimum atomic E-state index is -0.157. The highest BCUT2D eigenvalue weighted by Gasteiger charge is 2.20. The average Bonchev–Trinajstić information content (AvgIpc) is 2.35. The summed E-state index contributed by atoms with van der Waals surface area (Å²) in [5, 5.41) is 2.74. The number of nitrogens with two attached hydrogens (primary N) is 1. The summed E-state index contributed by atoms with van der Waals surface area (Å²) in [6.07, 6.45) is 1.71. The Kier molecular flexibility index (Phi) is 5.95. The molecule has 110 valence electrons. The number of nitrogens with one attached hydrogen (secondary N) is 1. The Labute approximate surface area is 125 Å². The Morgan fingerprint density at radius 2 is 2.05 bits per heavy atom. The second kappa shape index (κ2) is 7.24.